The number of rotatable bonds is 6. The molecule has 0 aliphatic rings. The van der Waals surface area contributed by atoms with Crippen molar-refractivity contribution in [1.82, 2.24) is 10.9 Å². The quantitative estimate of drug-likeness (QED) is 0.477. The standard InChI is InChI=1S/C16H16Cl2N4O/c1-20-22-16(23)15(19)12-4-2-3-5-14(12)21-9-10-6-7-11(17)8-13(10)18/h2-8,19-21H,9H2,1H3,(H,22,23). The zero-order chi connectivity index (χ0) is 16.8. The SMILES string of the molecule is CNNC(=O)C(=N)c1ccccc1NCc1ccc(Cl)cc1Cl. The Balaban J connectivity index is 2.17. The molecule has 1 amide bonds. The van der Waals surface area contributed by atoms with Crippen molar-refractivity contribution in [2.45, 2.75) is 6.54 Å². The predicted molar refractivity (Wildman–Crippen MR) is 94.3 cm³/mol. The van der Waals surface area contributed by atoms with Gasteiger partial charge in [0.05, 0.1) is 0 Å². The zero-order valence-electron chi connectivity index (χ0n) is 12.4. The van der Waals surface area contributed by atoms with Crippen molar-refractivity contribution in [3.05, 3.63) is 63.6 Å². The highest BCUT2D eigenvalue weighted by molar-refractivity contribution is 6.45. The average molecular weight is 351 g/mol. The van der Waals surface area contributed by atoms with Crippen molar-refractivity contribution in [3.8, 4) is 0 Å². The Morgan fingerprint density at radius 2 is 1.91 bits per heavy atom. The van der Waals surface area contributed by atoms with Crippen LogP contribution in [0, 0.1) is 5.41 Å². The number of nitrogens with one attached hydrogen (secondary N) is 4. The molecule has 0 saturated carbocycles. The van der Waals surface area contributed by atoms with Gasteiger partial charge < -0.3 is 5.32 Å². The Hall–Kier alpha value is -2.08. The number of para-hydroxylation sites is 1. The Morgan fingerprint density at radius 1 is 1.17 bits per heavy atom. The minimum Gasteiger partial charge on any atom is -0.380 e. The summed E-state index contributed by atoms with van der Waals surface area (Å²) in [5.74, 6) is -0.508. The third-order valence-electron chi connectivity index (χ3n) is 3.15. The number of hydrogen-bond donors (Lipinski definition) is 4. The van der Waals surface area contributed by atoms with Gasteiger partial charge in [-0.2, -0.15) is 0 Å². The number of hydrazine groups is 1. The molecule has 0 fully saturated rings. The lowest BCUT2D eigenvalue weighted by Crippen LogP contribution is -2.39. The van der Waals surface area contributed by atoms with Gasteiger partial charge >= 0.3 is 0 Å². The zero-order valence-corrected chi connectivity index (χ0v) is 13.9. The van der Waals surface area contributed by atoms with E-state index in [1.165, 1.54) is 0 Å². The first-order valence-corrected chi connectivity index (χ1v) is 7.61. The lowest BCUT2D eigenvalue weighted by Gasteiger charge is -2.13. The second-order valence-electron chi connectivity index (χ2n) is 4.71. The second kappa shape index (κ2) is 7.97. The second-order valence-corrected chi connectivity index (χ2v) is 5.56. The molecule has 2 rings (SSSR count). The van der Waals surface area contributed by atoms with Crippen molar-refractivity contribution in [3.63, 3.8) is 0 Å². The van der Waals surface area contributed by atoms with E-state index in [4.69, 9.17) is 28.6 Å². The van der Waals surface area contributed by atoms with E-state index in [1.54, 1.807) is 37.4 Å². The number of carbonyl (C=O) groups is 1. The number of amides is 1. The monoisotopic (exact) mass is 350 g/mol. The van der Waals surface area contributed by atoms with Crippen LogP contribution in [-0.4, -0.2) is 18.7 Å². The molecule has 0 spiro atoms. The maximum Gasteiger partial charge on any atom is 0.283 e. The first kappa shape index (κ1) is 17.3. The molecule has 120 valence electrons. The van der Waals surface area contributed by atoms with Gasteiger partial charge in [0.2, 0.25) is 0 Å². The van der Waals surface area contributed by atoms with E-state index in [2.05, 4.69) is 16.2 Å². The topological polar surface area (TPSA) is 77.0 Å². The number of hydrogen-bond acceptors (Lipinski definition) is 4. The molecular formula is C16H16Cl2N4O. The number of carbonyl (C=O) groups excluding carboxylic acids is 1. The third-order valence-corrected chi connectivity index (χ3v) is 3.73. The van der Waals surface area contributed by atoms with Crippen molar-refractivity contribution in [2.24, 2.45) is 0 Å². The van der Waals surface area contributed by atoms with Gasteiger partial charge in [-0.15, -0.1) is 0 Å². The van der Waals surface area contributed by atoms with E-state index in [0.29, 0.717) is 27.8 Å². The summed E-state index contributed by atoms with van der Waals surface area (Å²) in [6.07, 6.45) is 0. The molecule has 0 saturated heterocycles. The molecule has 2 aromatic rings. The highest BCUT2D eigenvalue weighted by atomic mass is 35.5. The summed E-state index contributed by atoms with van der Waals surface area (Å²) >= 11 is 12.0. The third kappa shape index (κ3) is 4.45. The van der Waals surface area contributed by atoms with Crippen LogP contribution in [-0.2, 0) is 11.3 Å². The van der Waals surface area contributed by atoms with Gasteiger partial charge in [0.15, 0.2) is 0 Å². The molecule has 2 aromatic carbocycles. The molecule has 0 aromatic heterocycles. The van der Waals surface area contributed by atoms with Crippen molar-refractivity contribution < 1.29 is 4.79 Å². The predicted octanol–water partition coefficient (Wildman–Crippen LogP) is 3.22. The van der Waals surface area contributed by atoms with Crippen LogP contribution < -0.4 is 16.2 Å². The molecule has 0 radical (unpaired) electrons. The summed E-state index contributed by atoms with van der Waals surface area (Å²) in [5.41, 5.74) is 6.82. The maximum atomic E-state index is 11.8. The van der Waals surface area contributed by atoms with Gasteiger partial charge in [0.1, 0.15) is 5.71 Å². The van der Waals surface area contributed by atoms with Crippen LogP contribution >= 0.6 is 23.2 Å². The molecular weight excluding hydrogens is 335 g/mol. The summed E-state index contributed by atoms with van der Waals surface area (Å²) in [6.45, 7) is 0.452. The maximum absolute atomic E-state index is 11.8. The van der Waals surface area contributed by atoms with Gasteiger partial charge in [-0.05, 0) is 23.8 Å². The fourth-order valence-corrected chi connectivity index (χ4v) is 2.48. The number of halogens is 2. The van der Waals surface area contributed by atoms with Gasteiger partial charge in [0, 0.05) is 34.9 Å². The van der Waals surface area contributed by atoms with Gasteiger partial charge in [-0.1, -0.05) is 47.5 Å². The van der Waals surface area contributed by atoms with Crippen LogP contribution in [0.3, 0.4) is 0 Å². The molecule has 0 aliphatic carbocycles. The Kier molecular flexibility index (Phi) is 5.98. The van der Waals surface area contributed by atoms with Gasteiger partial charge in [-0.3, -0.25) is 15.6 Å². The minimum absolute atomic E-state index is 0.135. The molecule has 4 N–H and O–H groups in total. The first-order valence-electron chi connectivity index (χ1n) is 6.85. The molecule has 7 heteroatoms. The van der Waals surface area contributed by atoms with Crippen molar-refractivity contribution >= 4 is 40.5 Å². The van der Waals surface area contributed by atoms with Gasteiger partial charge in [-0.25, -0.2) is 5.43 Å². The minimum atomic E-state index is -0.508. The smallest absolute Gasteiger partial charge is 0.283 e. The Morgan fingerprint density at radius 3 is 2.61 bits per heavy atom. The van der Waals surface area contributed by atoms with Crippen LogP contribution in [0.4, 0.5) is 5.69 Å². The lowest BCUT2D eigenvalue weighted by molar-refractivity contribution is -0.115. The highest BCUT2D eigenvalue weighted by Crippen LogP contribution is 2.23. The summed E-state index contributed by atoms with van der Waals surface area (Å²) in [4.78, 5) is 11.8. The van der Waals surface area contributed by atoms with Crippen LogP contribution in [0.1, 0.15) is 11.1 Å². The number of anilines is 1. The number of benzene rings is 2. The van der Waals surface area contributed by atoms with Crippen LogP contribution in [0.15, 0.2) is 42.5 Å². The molecule has 23 heavy (non-hydrogen) atoms. The van der Waals surface area contributed by atoms with E-state index >= 15 is 0 Å². The van der Waals surface area contributed by atoms with E-state index in [-0.39, 0.29) is 5.71 Å². The van der Waals surface area contributed by atoms with Crippen LogP contribution in [0.2, 0.25) is 10.0 Å². The molecule has 0 aliphatic heterocycles. The summed E-state index contributed by atoms with van der Waals surface area (Å²) in [6, 6.07) is 12.4. The first-order chi connectivity index (χ1) is 11.0. The van der Waals surface area contributed by atoms with Crippen molar-refractivity contribution in [2.75, 3.05) is 12.4 Å². The highest BCUT2D eigenvalue weighted by Gasteiger charge is 2.14. The van der Waals surface area contributed by atoms with E-state index < -0.39 is 5.91 Å². The lowest BCUT2D eigenvalue weighted by atomic mass is 10.1. The molecule has 0 bridgehead atoms. The van der Waals surface area contributed by atoms with Crippen molar-refractivity contribution in [1.29, 1.82) is 5.41 Å². The Labute approximate surface area is 144 Å². The summed E-state index contributed by atoms with van der Waals surface area (Å²) in [7, 11) is 1.57. The van der Waals surface area contributed by atoms with E-state index in [1.807, 2.05) is 12.1 Å². The van der Waals surface area contributed by atoms with E-state index in [9.17, 15) is 4.79 Å². The molecule has 0 atom stereocenters. The van der Waals surface area contributed by atoms with Gasteiger partial charge in [0.25, 0.3) is 5.91 Å². The Bertz CT molecular complexity index is 734. The average Bonchev–Trinajstić information content (AvgIpc) is 2.54. The molecule has 0 heterocycles. The summed E-state index contributed by atoms with van der Waals surface area (Å²) in [5, 5.41) is 12.3. The van der Waals surface area contributed by atoms with Crippen LogP contribution in [0.5, 0.6) is 0 Å². The fourth-order valence-electron chi connectivity index (χ4n) is 2.01. The fraction of sp³-hybridized carbons (Fsp3) is 0.125. The normalized spacial score (nSPS) is 10.2. The summed E-state index contributed by atoms with van der Waals surface area (Å²) < 4.78 is 0. The molecule has 5 nitrogen and oxygen atoms in total. The largest absolute Gasteiger partial charge is 0.380 e. The molecule has 0 unspecified atom stereocenters. The van der Waals surface area contributed by atoms with Crippen LogP contribution in [0.25, 0.3) is 0 Å². The van der Waals surface area contributed by atoms with E-state index in [0.717, 1.165) is 5.56 Å².